The molecular formula is C28H28ClN5O3S. The number of morpholine rings is 1. The molecule has 4 aromatic rings. The summed E-state index contributed by atoms with van der Waals surface area (Å²) in [5.74, 6) is -0.120. The van der Waals surface area contributed by atoms with E-state index in [0.717, 1.165) is 41.1 Å². The molecule has 8 nitrogen and oxygen atoms in total. The summed E-state index contributed by atoms with van der Waals surface area (Å²) in [6, 6.07) is 22.1. The van der Waals surface area contributed by atoms with Crippen LogP contribution in [0.25, 0.3) is 10.2 Å². The van der Waals surface area contributed by atoms with E-state index in [2.05, 4.69) is 20.5 Å². The summed E-state index contributed by atoms with van der Waals surface area (Å²) in [6.07, 6.45) is 0.280. The number of hydrogen-bond acceptors (Lipinski definition) is 6. The quantitative estimate of drug-likeness (QED) is 0.303. The Bertz CT molecular complexity index is 1390. The van der Waals surface area contributed by atoms with Gasteiger partial charge in [0.15, 0.2) is 5.13 Å². The van der Waals surface area contributed by atoms with Gasteiger partial charge in [-0.05, 0) is 48.0 Å². The van der Waals surface area contributed by atoms with Gasteiger partial charge in [0.05, 0.1) is 29.9 Å². The first-order valence-corrected chi connectivity index (χ1v) is 13.6. The monoisotopic (exact) mass is 549 g/mol. The maximum atomic E-state index is 13.4. The summed E-state index contributed by atoms with van der Waals surface area (Å²) in [5.41, 5.74) is 3.12. The lowest BCUT2D eigenvalue weighted by Crippen LogP contribution is -2.44. The maximum Gasteiger partial charge on any atom is 0.326 e. The van der Waals surface area contributed by atoms with Crippen LogP contribution in [0.5, 0.6) is 0 Å². The summed E-state index contributed by atoms with van der Waals surface area (Å²) < 4.78 is 6.34. The molecule has 0 saturated carbocycles. The molecule has 0 radical (unpaired) electrons. The fourth-order valence-electron chi connectivity index (χ4n) is 4.22. The molecule has 0 atom stereocenters. The minimum absolute atomic E-state index is 0.120. The lowest BCUT2D eigenvalue weighted by molar-refractivity contribution is -0.115. The Balaban J connectivity index is 1.33. The minimum atomic E-state index is -0.235. The second kappa shape index (κ2) is 12.4. The van der Waals surface area contributed by atoms with Gasteiger partial charge in [-0.15, -0.1) is 0 Å². The van der Waals surface area contributed by atoms with Crippen LogP contribution < -0.4 is 15.5 Å². The van der Waals surface area contributed by atoms with E-state index >= 15 is 0 Å². The van der Waals surface area contributed by atoms with E-state index in [1.54, 1.807) is 29.2 Å². The number of anilines is 3. The van der Waals surface area contributed by atoms with Crippen molar-refractivity contribution in [1.29, 1.82) is 0 Å². The molecule has 0 bridgehead atoms. The number of halogens is 1. The van der Waals surface area contributed by atoms with E-state index in [1.807, 2.05) is 48.5 Å². The maximum absolute atomic E-state index is 13.4. The Morgan fingerprint density at radius 1 is 1.00 bits per heavy atom. The zero-order chi connectivity index (χ0) is 26.3. The molecule has 1 fully saturated rings. The molecule has 1 aliphatic heterocycles. The number of thiazole rings is 1. The van der Waals surface area contributed by atoms with Crippen molar-refractivity contribution in [2.75, 3.05) is 54.9 Å². The number of benzene rings is 3. The SMILES string of the molecule is O=C(Cc1ccccc1)Nc1nc2ccc(N(CCN3CCOCC3)C(=O)Nc3ccc(Cl)cc3)cc2s1. The first-order valence-electron chi connectivity index (χ1n) is 12.4. The molecule has 38 heavy (non-hydrogen) atoms. The number of rotatable bonds is 8. The van der Waals surface area contributed by atoms with Gasteiger partial charge in [-0.2, -0.15) is 0 Å². The van der Waals surface area contributed by atoms with Crippen molar-refractivity contribution in [3.63, 3.8) is 0 Å². The van der Waals surface area contributed by atoms with Gasteiger partial charge in [-0.1, -0.05) is 53.3 Å². The first kappa shape index (κ1) is 26.1. The number of amides is 3. The third-order valence-electron chi connectivity index (χ3n) is 6.22. The predicted octanol–water partition coefficient (Wildman–Crippen LogP) is 5.50. The van der Waals surface area contributed by atoms with Crippen LogP contribution in [0.4, 0.5) is 21.3 Å². The second-order valence-electron chi connectivity index (χ2n) is 8.92. The average Bonchev–Trinajstić information content (AvgIpc) is 3.32. The molecule has 3 amide bonds. The molecule has 1 aromatic heterocycles. The minimum Gasteiger partial charge on any atom is -0.379 e. The smallest absolute Gasteiger partial charge is 0.326 e. The van der Waals surface area contributed by atoms with E-state index in [-0.39, 0.29) is 18.4 Å². The van der Waals surface area contributed by atoms with E-state index in [0.29, 0.717) is 35.6 Å². The van der Waals surface area contributed by atoms with Gasteiger partial charge < -0.3 is 15.4 Å². The highest BCUT2D eigenvalue weighted by molar-refractivity contribution is 7.22. The van der Waals surface area contributed by atoms with Gasteiger partial charge in [0.2, 0.25) is 5.91 Å². The molecule has 2 heterocycles. The van der Waals surface area contributed by atoms with Crippen LogP contribution in [0, 0.1) is 0 Å². The van der Waals surface area contributed by atoms with Crippen LogP contribution in [0.1, 0.15) is 5.56 Å². The molecule has 10 heteroatoms. The number of urea groups is 1. The number of carbonyl (C=O) groups is 2. The van der Waals surface area contributed by atoms with Crippen molar-refractivity contribution >= 4 is 61.6 Å². The van der Waals surface area contributed by atoms with Gasteiger partial charge in [-0.25, -0.2) is 9.78 Å². The van der Waals surface area contributed by atoms with Crippen molar-refractivity contribution in [1.82, 2.24) is 9.88 Å². The highest BCUT2D eigenvalue weighted by atomic mass is 35.5. The summed E-state index contributed by atoms with van der Waals surface area (Å²) in [7, 11) is 0. The number of hydrogen-bond donors (Lipinski definition) is 2. The summed E-state index contributed by atoms with van der Waals surface area (Å²) >= 11 is 7.39. The lowest BCUT2D eigenvalue weighted by Gasteiger charge is -2.30. The fraction of sp³-hybridized carbons (Fsp3) is 0.250. The number of carbonyl (C=O) groups excluding carboxylic acids is 2. The molecule has 0 aliphatic carbocycles. The van der Waals surface area contributed by atoms with Crippen LogP contribution in [-0.2, 0) is 16.0 Å². The topological polar surface area (TPSA) is 86.8 Å². The van der Waals surface area contributed by atoms with Gasteiger partial charge in [0.25, 0.3) is 0 Å². The predicted molar refractivity (Wildman–Crippen MR) is 153 cm³/mol. The van der Waals surface area contributed by atoms with Crippen LogP contribution in [0.15, 0.2) is 72.8 Å². The van der Waals surface area contributed by atoms with Crippen LogP contribution in [0.2, 0.25) is 5.02 Å². The molecular weight excluding hydrogens is 522 g/mol. The Labute approximate surface area is 230 Å². The lowest BCUT2D eigenvalue weighted by atomic mass is 10.1. The van der Waals surface area contributed by atoms with Crippen molar-refractivity contribution in [2.24, 2.45) is 0 Å². The van der Waals surface area contributed by atoms with Crippen molar-refractivity contribution < 1.29 is 14.3 Å². The van der Waals surface area contributed by atoms with Gasteiger partial charge >= 0.3 is 6.03 Å². The Morgan fingerprint density at radius 3 is 2.53 bits per heavy atom. The zero-order valence-corrected chi connectivity index (χ0v) is 22.3. The third-order valence-corrected chi connectivity index (χ3v) is 7.41. The fourth-order valence-corrected chi connectivity index (χ4v) is 5.26. The van der Waals surface area contributed by atoms with Crippen LogP contribution in [-0.4, -0.2) is 61.2 Å². The van der Waals surface area contributed by atoms with Crippen molar-refractivity contribution in [3.8, 4) is 0 Å². The van der Waals surface area contributed by atoms with Crippen LogP contribution in [0.3, 0.4) is 0 Å². The molecule has 3 aromatic carbocycles. The first-order chi connectivity index (χ1) is 18.5. The Kier molecular flexibility index (Phi) is 8.50. The Morgan fingerprint density at radius 2 is 1.76 bits per heavy atom. The highest BCUT2D eigenvalue weighted by Gasteiger charge is 2.20. The second-order valence-corrected chi connectivity index (χ2v) is 10.4. The standard InChI is InChI=1S/C28H28ClN5O3S/c29-21-6-8-22(9-7-21)30-28(36)34(13-12-33-14-16-37-17-15-33)23-10-11-24-25(19-23)38-27(31-24)32-26(35)18-20-4-2-1-3-5-20/h1-11,19H,12-18H2,(H,30,36)(H,31,32,35). The molecule has 0 unspecified atom stereocenters. The average molecular weight is 550 g/mol. The van der Waals surface area contributed by atoms with E-state index < -0.39 is 0 Å². The Hall–Kier alpha value is -3.50. The molecule has 1 aliphatic rings. The van der Waals surface area contributed by atoms with E-state index in [9.17, 15) is 9.59 Å². The third kappa shape index (κ3) is 6.87. The van der Waals surface area contributed by atoms with E-state index in [4.69, 9.17) is 16.3 Å². The van der Waals surface area contributed by atoms with Gasteiger partial charge in [0, 0.05) is 42.6 Å². The zero-order valence-electron chi connectivity index (χ0n) is 20.7. The number of fused-ring (bicyclic) bond motifs is 1. The molecule has 5 rings (SSSR count). The van der Waals surface area contributed by atoms with Gasteiger partial charge in [0.1, 0.15) is 0 Å². The number of nitrogens with zero attached hydrogens (tertiary/aromatic N) is 3. The molecule has 2 N–H and O–H groups in total. The van der Waals surface area contributed by atoms with Crippen LogP contribution >= 0.6 is 22.9 Å². The summed E-state index contributed by atoms with van der Waals surface area (Å²) in [4.78, 5) is 34.5. The summed E-state index contributed by atoms with van der Waals surface area (Å²) in [6.45, 7) is 4.30. The van der Waals surface area contributed by atoms with Crippen molar-refractivity contribution in [3.05, 3.63) is 83.4 Å². The number of ether oxygens (including phenoxy) is 1. The number of aromatic nitrogens is 1. The molecule has 0 spiro atoms. The summed E-state index contributed by atoms with van der Waals surface area (Å²) in [5, 5.41) is 7.01. The number of nitrogens with one attached hydrogen (secondary N) is 2. The van der Waals surface area contributed by atoms with E-state index in [1.165, 1.54) is 11.3 Å². The van der Waals surface area contributed by atoms with Gasteiger partial charge in [-0.3, -0.25) is 14.6 Å². The largest absolute Gasteiger partial charge is 0.379 e. The normalized spacial score (nSPS) is 13.8. The molecule has 196 valence electrons. The highest BCUT2D eigenvalue weighted by Crippen LogP contribution is 2.30. The van der Waals surface area contributed by atoms with Crippen molar-refractivity contribution in [2.45, 2.75) is 6.42 Å². The molecule has 1 saturated heterocycles.